The first-order chi connectivity index (χ1) is 8.46. The van der Waals surface area contributed by atoms with Gasteiger partial charge in [0.05, 0.1) is 0 Å². The van der Waals surface area contributed by atoms with E-state index in [2.05, 4.69) is 17.6 Å². The van der Waals surface area contributed by atoms with Crippen LogP contribution in [-0.4, -0.2) is 24.7 Å². The van der Waals surface area contributed by atoms with Gasteiger partial charge >= 0.3 is 6.18 Å². The first-order valence-corrected chi connectivity index (χ1v) is 6.11. The minimum absolute atomic E-state index is 0.133. The highest BCUT2D eigenvalue weighted by Gasteiger charge is 2.35. The summed E-state index contributed by atoms with van der Waals surface area (Å²) in [6.07, 6.45) is -3.44. The van der Waals surface area contributed by atoms with E-state index in [0.29, 0.717) is 17.9 Å². The molecule has 0 atom stereocenters. The quantitative estimate of drug-likeness (QED) is 0.631. The summed E-state index contributed by atoms with van der Waals surface area (Å²) < 4.78 is 37.9. The summed E-state index contributed by atoms with van der Waals surface area (Å²) in [5.41, 5.74) is 0.245. The van der Waals surface area contributed by atoms with Crippen molar-refractivity contribution in [3.8, 4) is 0 Å². The predicted molar refractivity (Wildman–Crippen MR) is 72.5 cm³/mol. The summed E-state index contributed by atoms with van der Waals surface area (Å²) in [5.74, 6) is 0.461. The Balaban J connectivity index is 3.19. The lowest BCUT2D eigenvalue weighted by Gasteiger charge is -2.10. The second kappa shape index (κ2) is 6.85. The van der Waals surface area contributed by atoms with E-state index in [4.69, 9.17) is 11.6 Å². The van der Waals surface area contributed by atoms with Gasteiger partial charge in [-0.05, 0) is 5.56 Å². The fourth-order valence-electron chi connectivity index (χ4n) is 1.24. The highest BCUT2D eigenvalue weighted by atomic mass is 35.5. The molecule has 0 radical (unpaired) electrons. The van der Waals surface area contributed by atoms with Crippen molar-refractivity contribution in [1.29, 1.82) is 0 Å². The monoisotopic (exact) mass is 293 g/mol. The zero-order valence-corrected chi connectivity index (χ0v) is 10.9. The van der Waals surface area contributed by atoms with Gasteiger partial charge in [0.25, 0.3) is 0 Å². The Bertz CT molecular complexity index is 440. The van der Waals surface area contributed by atoms with E-state index < -0.39 is 11.2 Å². The number of halogens is 4. The Morgan fingerprint density at radius 3 is 2.39 bits per heavy atom. The number of thiol groups is 1. The lowest BCUT2D eigenvalue weighted by molar-refractivity contribution is -0.0838. The number of nitrogens with zero attached hydrogens (tertiary/aromatic N) is 1. The van der Waals surface area contributed by atoms with Crippen LogP contribution < -0.4 is 0 Å². The summed E-state index contributed by atoms with van der Waals surface area (Å²) in [7, 11) is 0. The van der Waals surface area contributed by atoms with Gasteiger partial charge in [-0.15, -0.1) is 0 Å². The maximum atomic E-state index is 12.6. The topological polar surface area (TPSA) is 12.4 Å². The first-order valence-electron chi connectivity index (χ1n) is 5.10. The Hall–Kier alpha value is -0.940. The Kier molecular flexibility index (Phi) is 5.75. The molecule has 0 aromatic heterocycles. The van der Waals surface area contributed by atoms with Gasteiger partial charge in [0.2, 0.25) is 0 Å². The first kappa shape index (κ1) is 15.1. The van der Waals surface area contributed by atoms with Gasteiger partial charge in [0.15, 0.2) is 0 Å². The Morgan fingerprint density at radius 2 is 1.89 bits per heavy atom. The number of aliphatic imine (C=N–C) groups is 1. The van der Waals surface area contributed by atoms with E-state index in [1.54, 1.807) is 30.3 Å². The van der Waals surface area contributed by atoms with Crippen LogP contribution in [0.4, 0.5) is 13.2 Å². The third-order valence-electron chi connectivity index (χ3n) is 2.02. The number of hydrogen-bond donors (Lipinski definition) is 1. The minimum Gasteiger partial charge on any atom is -0.292 e. The van der Waals surface area contributed by atoms with Crippen molar-refractivity contribution >= 4 is 36.0 Å². The van der Waals surface area contributed by atoms with Crippen LogP contribution in [0.1, 0.15) is 5.56 Å². The van der Waals surface area contributed by atoms with Crippen LogP contribution in [-0.2, 0) is 0 Å². The molecule has 1 aromatic carbocycles. The maximum absolute atomic E-state index is 12.6. The SMILES string of the molecule is FC(F)(F)/C(Cl)=C(\C=NCCS)c1ccccc1. The van der Waals surface area contributed by atoms with Crippen molar-refractivity contribution in [2.75, 3.05) is 12.3 Å². The minimum atomic E-state index is -4.58. The summed E-state index contributed by atoms with van der Waals surface area (Å²) >= 11 is 9.31. The van der Waals surface area contributed by atoms with Crippen LogP contribution in [0.3, 0.4) is 0 Å². The van der Waals surface area contributed by atoms with Gasteiger partial charge in [-0.3, -0.25) is 4.99 Å². The van der Waals surface area contributed by atoms with Gasteiger partial charge in [-0.25, -0.2) is 0 Å². The number of allylic oxidation sites excluding steroid dienone is 2. The molecule has 0 fully saturated rings. The van der Waals surface area contributed by atoms with Gasteiger partial charge in [0, 0.05) is 24.1 Å². The van der Waals surface area contributed by atoms with Crippen LogP contribution in [0, 0.1) is 0 Å². The van der Waals surface area contributed by atoms with Crippen molar-refractivity contribution in [3.05, 3.63) is 40.9 Å². The number of benzene rings is 1. The normalized spacial score (nSPS) is 13.8. The molecule has 0 aliphatic carbocycles. The molecule has 0 heterocycles. The van der Waals surface area contributed by atoms with Crippen molar-refractivity contribution in [2.45, 2.75) is 6.18 Å². The fraction of sp³-hybridized carbons (Fsp3) is 0.250. The second-order valence-corrected chi connectivity index (χ2v) is 4.18. The molecule has 1 rings (SSSR count). The molecular formula is C12H11ClF3NS. The van der Waals surface area contributed by atoms with Crippen molar-refractivity contribution in [1.82, 2.24) is 0 Å². The largest absolute Gasteiger partial charge is 0.427 e. The van der Waals surface area contributed by atoms with Crippen molar-refractivity contribution in [2.24, 2.45) is 4.99 Å². The summed E-state index contributed by atoms with van der Waals surface area (Å²) in [6.45, 7) is 0.335. The van der Waals surface area contributed by atoms with Gasteiger partial charge < -0.3 is 0 Å². The molecule has 0 bridgehead atoms. The third kappa shape index (κ3) is 4.38. The van der Waals surface area contributed by atoms with E-state index in [1.807, 2.05) is 0 Å². The van der Waals surface area contributed by atoms with Gasteiger partial charge in [-0.1, -0.05) is 41.9 Å². The fourth-order valence-corrected chi connectivity index (χ4v) is 1.52. The molecule has 0 amide bonds. The lowest BCUT2D eigenvalue weighted by atomic mass is 10.1. The molecule has 1 aromatic rings. The average molecular weight is 294 g/mol. The highest BCUT2D eigenvalue weighted by Crippen LogP contribution is 2.34. The second-order valence-electron chi connectivity index (χ2n) is 3.35. The maximum Gasteiger partial charge on any atom is 0.427 e. The van der Waals surface area contributed by atoms with Crippen LogP contribution in [0.5, 0.6) is 0 Å². The van der Waals surface area contributed by atoms with E-state index in [9.17, 15) is 13.2 Å². The smallest absolute Gasteiger partial charge is 0.292 e. The van der Waals surface area contributed by atoms with E-state index in [-0.39, 0.29) is 5.57 Å². The van der Waals surface area contributed by atoms with E-state index in [1.165, 1.54) is 0 Å². The van der Waals surface area contributed by atoms with Crippen molar-refractivity contribution < 1.29 is 13.2 Å². The molecule has 18 heavy (non-hydrogen) atoms. The molecule has 0 spiro atoms. The van der Waals surface area contributed by atoms with E-state index in [0.717, 1.165) is 6.21 Å². The molecule has 0 saturated heterocycles. The lowest BCUT2D eigenvalue weighted by Crippen LogP contribution is -2.10. The Labute approximate surface area is 114 Å². The molecule has 0 unspecified atom stereocenters. The van der Waals surface area contributed by atoms with Crippen molar-refractivity contribution in [3.63, 3.8) is 0 Å². The van der Waals surface area contributed by atoms with Crippen LogP contribution >= 0.6 is 24.2 Å². The summed E-state index contributed by atoms with van der Waals surface area (Å²) in [5, 5.41) is -1.17. The molecule has 0 saturated carbocycles. The molecule has 6 heteroatoms. The molecule has 98 valence electrons. The zero-order valence-electron chi connectivity index (χ0n) is 9.28. The standard InChI is InChI=1S/C12H11ClF3NS/c13-11(12(14,15)16)10(8-17-6-7-18)9-4-2-1-3-5-9/h1-5,8,18H,6-7H2/b11-10-,17-8?. The van der Waals surface area contributed by atoms with Gasteiger partial charge in [-0.2, -0.15) is 25.8 Å². The highest BCUT2D eigenvalue weighted by molar-refractivity contribution is 7.80. The number of rotatable bonds is 4. The molecule has 0 aliphatic rings. The third-order valence-corrected chi connectivity index (χ3v) is 2.64. The Morgan fingerprint density at radius 1 is 1.28 bits per heavy atom. The zero-order chi connectivity index (χ0) is 13.6. The number of hydrogen-bond acceptors (Lipinski definition) is 2. The number of alkyl halides is 3. The molecule has 0 N–H and O–H groups in total. The van der Waals surface area contributed by atoms with Crippen LogP contribution in [0.2, 0.25) is 0 Å². The molecular weight excluding hydrogens is 283 g/mol. The van der Waals surface area contributed by atoms with Crippen LogP contribution in [0.15, 0.2) is 40.4 Å². The summed E-state index contributed by atoms with van der Waals surface area (Å²) in [4.78, 5) is 3.86. The van der Waals surface area contributed by atoms with E-state index >= 15 is 0 Å². The molecule has 1 nitrogen and oxygen atoms in total. The predicted octanol–water partition coefficient (Wildman–Crippen LogP) is 4.20. The van der Waals surface area contributed by atoms with Gasteiger partial charge in [0.1, 0.15) is 5.03 Å². The molecule has 0 aliphatic heterocycles. The van der Waals surface area contributed by atoms with Crippen LogP contribution in [0.25, 0.3) is 5.57 Å². The average Bonchev–Trinajstić information content (AvgIpc) is 2.34. The summed E-state index contributed by atoms with van der Waals surface area (Å²) in [6, 6.07) is 8.10.